The molecule has 6 rings (SSSR count). The highest BCUT2D eigenvalue weighted by atomic mass is 16.5. The first-order valence-electron chi connectivity index (χ1n) is 24.3. The topological polar surface area (TPSA) is 70.5 Å². The molecular weight excluding hydrogens is 721 g/mol. The van der Waals surface area contributed by atoms with Gasteiger partial charge in [0, 0.05) is 16.8 Å². The highest BCUT2D eigenvalue weighted by Crippen LogP contribution is 2.49. The van der Waals surface area contributed by atoms with Crippen molar-refractivity contribution < 1.29 is 9.47 Å². The van der Waals surface area contributed by atoms with E-state index in [1.54, 1.807) is 0 Å². The van der Waals surface area contributed by atoms with Crippen LogP contribution < -0.4 is 20.9 Å². The minimum Gasteiger partial charge on any atom is -0.457 e. The number of benzene rings is 4. The molecule has 0 amide bonds. The molecule has 4 aromatic rings. The van der Waals surface area contributed by atoms with Crippen LogP contribution >= 0.6 is 0 Å². The van der Waals surface area contributed by atoms with Crippen LogP contribution in [0.15, 0.2) is 97.1 Å². The second kappa shape index (κ2) is 24.4. The van der Waals surface area contributed by atoms with Gasteiger partial charge in [-0.1, -0.05) is 172 Å². The first-order valence-corrected chi connectivity index (χ1v) is 24.3. The molecular formula is C55H78N2O2. The van der Waals surface area contributed by atoms with Gasteiger partial charge >= 0.3 is 0 Å². The molecule has 0 bridgehead atoms. The molecule has 59 heavy (non-hydrogen) atoms. The number of ether oxygens (including phenoxy) is 2. The molecule has 2 aliphatic rings. The van der Waals surface area contributed by atoms with Gasteiger partial charge in [0.15, 0.2) is 0 Å². The third-order valence-corrected chi connectivity index (χ3v) is 14.2. The second-order valence-corrected chi connectivity index (χ2v) is 18.6. The normalized spacial score (nSPS) is 18.1. The van der Waals surface area contributed by atoms with E-state index < -0.39 is 0 Å². The Hall–Kier alpha value is -3.92. The monoisotopic (exact) mass is 799 g/mol. The Kier molecular flexibility index (Phi) is 18.4. The average Bonchev–Trinajstić information content (AvgIpc) is 3.27. The number of anilines is 2. The molecule has 0 aliphatic heterocycles. The van der Waals surface area contributed by atoms with Crippen LogP contribution in [0.5, 0.6) is 23.0 Å². The van der Waals surface area contributed by atoms with E-state index in [0.717, 1.165) is 52.1 Å². The number of unbranched alkanes of at least 4 members (excludes halogenated alkanes) is 14. The number of nitrogens with two attached hydrogens (primary N) is 2. The molecule has 320 valence electrons. The van der Waals surface area contributed by atoms with Gasteiger partial charge in [-0.2, -0.15) is 0 Å². The lowest BCUT2D eigenvalue weighted by atomic mass is 9.62. The van der Waals surface area contributed by atoms with Gasteiger partial charge in [0.2, 0.25) is 0 Å². The van der Waals surface area contributed by atoms with E-state index in [4.69, 9.17) is 20.9 Å². The smallest absolute Gasteiger partial charge is 0.127 e. The SMILES string of the molecule is CCCCCCCCCCCCCCCCCC1CCC(CCC2CCC(c3ccc(Oc4ccc(N)cc4)cc3)(c3ccc(Oc4ccc(N)cc4)cc3)CC2)CC1. The number of hydrogen-bond acceptors (Lipinski definition) is 4. The minimum atomic E-state index is -0.0268. The van der Waals surface area contributed by atoms with Crippen LogP contribution in [0.3, 0.4) is 0 Å². The fourth-order valence-corrected chi connectivity index (χ4v) is 10.3. The summed E-state index contributed by atoms with van der Waals surface area (Å²) in [5, 5.41) is 0. The van der Waals surface area contributed by atoms with E-state index in [-0.39, 0.29) is 5.41 Å². The van der Waals surface area contributed by atoms with Gasteiger partial charge in [-0.15, -0.1) is 0 Å². The molecule has 2 fully saturated rings. The van der Waals surface area contributed by atoms with Gasteiger partial charge in [0.1, 0.15) is 23.0 Å². The zero-order chi connectivity index (χ0) is 41.0. The maximum Gasteiger partial charge on any atom is 0.127 e. The van der Waals surface area contributed by atoms with Crippen LogP contribution in [0.25, 0.3) is 0 Å². The number of hydrogen-bond donors (Lipinski definition) is 2. The van der Waals surface area contributed by atoms with E-state index in [9.17, 15) is 0 Å². The molecule has 0 spiro atoms. The van der Waals surface area contributed by atoms with E-state index in [1.807, 2.05) is 48.5 Å². The third-order valence-electron chi connectivity index (χ3n) is 14.2. The zero-order valence-electron chi connectivity index (χ0n) is 36.8. The highest BCUT2D eigenvalue weighted by Gasteiger charge is 2.38. The molecule has 4 heteroatoms. The van der Waals surface area contributed by atoms with Crippen molar-refractivity contribution in [1.29, 1.82) is 0 Å². The lowest BCUT2D eigenvalue weighted by Crippen LogP contribution is -2.33. The lowest BCUT2D eigenvalue weighted by molar-refractivity contribution is 0.208. The average molecular weight is 799 g/mol. The van der Waals surface area contributed by atoms with Crippen LogP contribution in [0, 0.1) is 17.8 Å². The van der Waals surface area contributed by atoms with Crippen LogP contribution in [0.4, 0.5) is 11.4 Å². The van der Waals surface area contributed by atoms with Crippen molar-refractivity contribution in [2.45, 2.75) is 179 Å². The van der Waals surface area contributed by atoms with Crippen molar-refractivity contribution in [3.63, 3.8) is 0 Å². The molecule has 4 aromatic carbocycles. The second-order valence-electron chi connectivity index (χ2n) is 18.6. The fourth-order valence-electron chi connectivity index (χ4n) is 10.3. The Balaban J connectivity index is 0.911. The Morgan fingerprint density at radius 2 is 0.695 bits per heavy atom. The predicted molar refractivity (Wildman–Crippen MR) is 252 cm³/mol. The Morgan fingerprint density at radius 3 is 1.07 bits per heavy atom. The van der Waals surface area contributed by atoms with Gasteiger partial charge in [0.05, 0.1) is 0 Å². The van der Waals surface area contributed by atoms with Crippen molar-refractivity contribution in [2.75, 3.05) is 11.5 Å². The van der Waals surface area contributed by atoms with Crippen LogP contribution in [-0.2, 0) is 5.41 Å². The highest BCUT2D eigenvalue weighted by molar-refractivity contribution is 5.47. The van der Waals surface area contributed by atoms with Crippen LogP contribution in [0.2, 0.25) is 0 Å². The zero-order valence-corrected chi connectivity index (χ0v) is 36.8. The van der Waals surface area contributed by atoms with Crippen molar-refractivity contribution in [3.8, 4) is 23.0 Å². The van der Waals surface area contributed by atoms with Crippen molar-refractivity contribution >= 4 is 11.4 Å². The van der Waals surface area contributed by atoms with Crippen LogP contribution in [-0.4, -0.2) is 0 Å². The summed E-state index contributed by atoms with van der Waals surface area (Å²) in [7, 11) is 0. The Bertz CT molecular complexity index is 1610. The summed E-state index contributed by atoms with van der Waals surface area (Å²) in [5.41, 5.74) is 16.0. The van der Waals surface area contributed by atoms with Gasteiger partial charge in [-0.05, 0) is 127 Å². The van der Waals surface area contributed by atoms with Gasteiger partial charge in [0.25, 0.3) is 0 Å². The molecule has 0 aromatic heterocycles. The quantitative estimate of drug-likeness (QED) is 0.0517. The van der Waals surface area contributed by atoms with Crippen molar-refractivity contribution in [3.05, 3.63) is 108 Å². The lowest BCUT2D eigenvalue weighted by Gasteiger charge is -2.42. The van der Waals surface area contributed by atoms with Gasteiger partial charge < -0.3 is 20.9 Å². The Labute approximate surface area is 359 Å². The third kappa shape index (κ3) is 14.6. The molecule has 0 unspecified atom stereocenters. The van der Waals surface area contributed by atoms with Gasteiger partial charge in [-0.3, -0.25) is 0 Å². The maximum atomic E-state index is 6.19. The van der Waals surface area contributed by atoms with E-state index in [0.29, 0.717) is 0 Å². The number of nitrogen functional groups attached to an aromatic ring is 2. The summed E-state index contributed by atoms with van der Waals surface area (Å²) in [6, 6.07) is 32.9. The first-order chi connectivity index (χ1) is 29.0. The summed E-state index contributed by atoms with van der Waals surface area (Å²) in [6.07, 6.45) is 36.9. The summed E-state index contributed by atoms with van der Waals surface area (Å²) in [4.78, 5) is 0. The first kappa shape index (κ1) is 44.6. The molecule has 0 radical (unpaired) electrons. The molecule has 4 N–H and O–H groups in total. The molecule has 0 heterocycles. The number of rotatable bonds is 25. The fraction of sp³-hybridized carbons (Fsp3) is 0.564. The van der Waals surface area contributed by atoms with Crippen molar-refractivity contribution in [1.82, 2.24) is 0 Å². The molecule has 0 saturated heterocycles. The minimum absolute atomic E-state index is 0.0268. The molecule has 4 nitrogen and oxygen atoms in total. The van der Waals surface area contributed by atoms with E-state index >= 15 is 0 Å². The summed E-state index contributed by atoms with van der Waals surface area (Å²) < 4.78 is 12.4. The standard InChI is InChI=1S/C55H78N2O2/c1-2-3-4-5-6-7-8-9-10-11-12-13-14-15-16-17-44-18-20-45(21-19-44)22-23-46-40-42-55(43-41-46,47-24-32-51(33-25-47)58-53-36-28-49(56)29-37-53)48-26-34-52(35-27-48)59-54-38-30-50(57)31-39-54/h24-39,44-46H,2-23,40-43,56-57H2,1H3. The molecule has 0 atom stereocenters. The maximum absolute atomic E-state index is 6.19. The van der Waals surface area contributed by atoms with Crippen molar-refractivity contribution in [2.24, 2.45) is 17.8 Å². The molecule has 2 aliphatic carbocycles. The summed E-state index contributed by atoms with van der Waals surface area (Å²) in [5.74, 6) is 6.05. The summed E-state index contributed by atoms with van der Waals surface area (Å²) >= 11 is 0. The van der Waals surface area contributed by atoms with Gasteiger partial charge in [-0.25, -0.2) is 0 Å². The largest absolute Gasteiger partial charge is 0.457 e. The summed E-state index contributed by atoms with van der Waals surface area (Å²) in [6.45, 7) is 2.31. The van der Waals surface area contributed by atoms with E-state index in [2.05, 4.69) is 55.5 Å². The van der Waals surface area contributed by atoms with Crippen LogP contribution in [0.1, 0.15) is 185 Å². The predicted octanol–water partition coefficient (Wildman–Crippen LogP) is 16.8. The molecule has 2 saturated carbocycles. The Morgan fingerprint density at radius 1 is 0.390 bits per heavy atom. The van der Waals surface area contributed by atoms with E-state index in [1.165, 1.54) is 178 Å².